The Bertz CT molecular complexity index is 865. The van der Waals surface area contributed by atoms with Gasteiger partial charge < -0.3 is 13.9 Å². The molecule has 5 heteroatoms. The van der Waals surface area contributed by atoms with E-state index in [1.54, 1.807) is 0 Å². The topological polar surface area (TPSA) is 65.7 Å². The zero-order chi connectivity index (χ0) is 19.1. The Labute approximate surface area is 159 Å². The molecule has 0 unspecified atom stereocenters. The number of esters is 1. The summed E-state index contributed by atoms with van der Waals surface area (Å²) in [5.41, 5.74) is 2.41. The van der Waals surface area contributed by atoms with Crippen molar-refractivity contribution in [3.05, 3.63) is 52.4 Å². The SMILES string of the molecule is C=CC(=O)OCCCCCCOc1ccc2c3c(c(=O)oc2c1)CCCC3. The minimum Gasteiger partial charge on any atom is -0.493 e. The van der Waals surface area contributed by atoms with Crippen molar-refractivity contribution in [2.24, 2.45) is 0 Å². The largest absolute Gasteiger partial charge is 0.493 e. The number of hydrogen-bond acceptors (Lipinski definition) is 5. The second-order valence-corrected chi connectivity index (χ2v) is 6.85. The van der Waals surface area contributed by atoms with Crippen molar-refractivity contribution in [2.45, 2.75) is 51.4 Å². The van der Waals surface area contributed by atoms with Crippen LogP contribution >= 0.6 is 0 Å². The van der Waals surface area contributed by atoms with Gasteiger partial charge in [0.15, 0.2) is 0 Å². The highest BCUT2D eigenvalue weighted by Gasteiger charge is 2.18. The Morgan fingerprint density at radius 1 is 1.07 bits per heavy atom. The van der Waals surface area contributed by atoms with Crippen LogP contribution in [-0.2, 0) is 22.4 Å². The molecule has 0 bridgehead atoms. The second-order valence-electron chi connectivity index (χ2n) is 6.85. The maximum absolute atomic E-state index is 12.2. The van der Waals surface area contributed by atoms with Crippen LogP contribution in [0, 0.1) is 0 Å². The fourth-order valence-corrected chi connectivity index (χ4v) is 3.49. The predicted octanol–water partition coefficient (Wildman–Crippen LogP) is 4.34. The molecule has 0 atom stereocenters. The third-order valence-electron chi connectivity index (χ3n) is 4.91. The van der Waals surface area contributed by atoms with E-state index >= 15 is 0 Å². The first-order valence-corrected chi connectivity index (χ1v) is 9.69. The van der Waals surface area contributed by atoms with Crippen LogP contribution in [0.25, 0.3) is 11.0 Å². The molecule has 0 amide bonds. The van der Waals surface area contributed by atoms with E-state index < -0.39 is 0 Å². The van der Waals surface area contributed by atoms with Gasteiger partial charge in [0.25, 0.3) is 0 Å². The normalized spacial score (nSPS) is 13.2. The summed E-state index contributed by atoms with van der Waals surface area (Å²) >= 11 is 0. The summed E-state index contributed by atoms with van der Waals surface area (Å²) in [4.78, 5) is 23.1. The van der Waals surface area contributed by atoms with Gasteiger partial charge in [0, 0.05) is 23.1 Å². The minimum atomic E-state index is -0.373. The molecule has 3 rings (SSSR count). The number of ether oxygens (including phenoxy) is 2. The third kappa shape index (κ3) is 5.00. The van der Waals surface area contributed by atoms with Crippen molar-refractivity contribution in [1.29, 1.82) is 0 Å². The van der Waals surface area contributed by atoms with E-state index in [1.807, 2.05) is 18.2 Å². The van der Waals surface area contributed by atoms with Crippen LogP contribution in [0.4, 0.5) is 0 Å². The van der Waals surface area contributed by atoms with E-state index in [2.05, 4.69) is 6.58 Å². The van der Waals surface area contributed by atoms with E-state index in [0.29, 0.717) is 18.8 Å². The van der Waals surface area contributed by atoms with Crippen molar-refractivity contribution < 1.29 is 18.7 Å². The molecule has 2 aromatic rings. The zero-order valence-corrected chi connectivity index (χ0v) is 15.6. The lowest BCUT2D eigenvalue weighted by molar-refractivity contribution is -0.137. The molecule has 5 nitrogen and oxygen atoms in total. The molecule has 0 radical (unpaired) electrons. The molecule has 0 saturated carbocycles. The molecule has 1 aliphatic carbocycles. The Kier molecular flexibility index (Phi) is 6.69. The summed E-state index contributed by atoms with van der Waals surface area (Å²) in [7, 11) is 0. The molecular formula is C22H26O5. The van der Waals surface area contributed by atoms with Crippen LogP contribution in [0.1, 0.15) is 49.7 Å². The van der Waals surface area contributed by atoms with Crippen LogP contribution in [-0.4, -0.2) is 19.2 Å². The van der Waals surface area contributed by atoms with Gasteiger partial charge in [-0.15, -0.1) is 0 Å². The van der Waals surface area contributed by atoms with E-state index in [4.69, 9.17) is 13.9 Å². The van der Waals surface area contributed by atoms with Crippen LogP contribution < -0.4 is 10.4 Å². The summed E-state index contributed by atoms with van der Waals surface area (Å²) in [5.74, 6) is 0.351. The van der Waals surface area contributed by atoms with Gasteiger partial charge in [-0.3, -0.25) is 0 Å². The van der Waals surface area contributed by atoms with E-state index in [0.717, 1.165) is 73.6 Å². The maximum Gasteiger partial charge on any atom is 0.339 e. The summed E-state index contributed by atoms with van der Waals surface area (Å²) in [6, 6.07) is 5.78. The van der Waals surface area contributed by atoms with Crippen molar-refractivity contribution in [3.8, 4) is 5.75 Å². The van der Waals surface area contributed by atoms with Gasteiger partial charge in [-0.25, -0.2) is 9.59 Å². The number of benzene rings is 1. The van der Waals surface area contributed by atoms with E-state index in [1.165, 1.54) is 6.08 Å². The molecule has 0 aliphatic heterocycles. The number of fused-ring (bicyclic) bond motifs is 3. The molecule has 0 N–H and O–H groups in total. The quantitative estimate of drug-likeness (QED) is 0.284. The first-order valence-electron chi connectivity index (χ1n) is 9.69. The summed E-state index contributed by atoms with van der Waals surface area (Å²) in [6.45, 7) is 4.39. The van der Waals surface area contributed by atoms with Crippen LogP contribution in [0.3, 0.4) is 0 Å². The minimum absolute atomic E-state index is 0.202. The highest BCUT2D eigenvalue weighted by atomic mass is 16.5. The molecule has 0 spiro atoms. The number of rotatable bonds is 9. The monoisotopic (exact) mass is 370 g/mol. The van der Waals surface area contributed by atoms with Gasteiger partial charge >= 0.3 is 11.6 Å². The van der Waals surface area contributed by atoms with Crippen LogP contribution in [0.15, 0.2) is 40.1 Å². The van der Waals surface area contributed by atoms with Gasteiger partial charge in [0.1, 0.15) is 11.3 Å². The Morgan fingerprint density at radius 2 is 1.81 bits per heavy atom. The van der Waals surface area contributed by atoms with E-state index in [-0.39, 0.29) is 11.6 Å². The van der Waals surface area contributed by atoms with Crippen molar-refractivity contribution >= 4 is 16.9 Å². The predicted molar refractivity (Wildman–Crippen MR) is 104 cm³/mol. The Morgan fingerprint density at radius 3 is 2.59 bits per heavy atom. The second kappa shape index (κ2) is 9.40. The average molecular weight is 370 g/mol. The molecule has 27 heavy (non-hydrogen) atoms. The lowest BCUT2D eigenvalue weighted by Crippen LogP contribution is -2.15. The van der Waals surface area contributed by atoms with Crippen molar-refractivity contribution in [1.82, 2.24) is 0 Å². The Balaban J connectivity index is 1.48. The van der Waals surface area contributed by atoms with Gasteiger partial charge in [0.05, 0.1) is 13.2 Å². The van der Waals surface area contributed by atoms with Crippen LogP contribution in [0.2, 0.25) is 0 Å². The highest BCUT2D eigenvalue weighted by molar-refractivity contribution is 5.83. The molecule has 1 aliphatic rings. The van der Waals surface area contributed by atoms with Crippen molar-refractivity contribution in [2.75, 3.05) is 13.2 Å². The zero-order valence-electron chi connectivity index (χ0n) is 15.6. The molecular weight excluding hydrogens is 344 g/mol. The van der Waals surface area contributed by atoms with Crippen molar-refractivity contribution in [3.63, 3.8) is 0 Å². The number of unbranched alkanes of at least 4 members (excludes halogenated alkanes) is 3. The number of hydrogen-bond donors (Lipinski definition) is 0. The number of carbonyl (C=O) groups excluding carboxylic acids is 1. The smallest absolute Gasteiger partial charge is 0.339 e. The lowest BCUT2D eigenvalue weighted by Gasteiger charge is -2.16. The van der Waals surface area contributed by atoms with Gasteiger partial charge in [-0.2, -0.15) is 0 Å². The third-order valence-corrected chi connectivity index (χ3v) is 4.91. The molecule has 0 fully saturated rings. The Hall–Kier alpha value is -2.56. The van der Waals surface area contributed by atoms with Gasteiger partial charge in [-0.05, 0) is 69.1 Å². The lowest BCUT2D eigenvalue weighted by atomic mass is 9.91. The molecule has 0 saturated heterocycles. The first-order chi connectivity index (χ1) is 13.2. The maximum atomic E-state index is 12.2. The summed E-state index contributed by atoms with van der Waals surface area (Å²) < 4.78 is 16.2. The fourth-order valence-electron chi connectivity index (χ4n) is 3.49. The summed E-state index contributed by atoms with van der Waals surface area (Å²) in [6.07, 6.45) is 8.85. The summed E-state index contributed by atoms with van der Waals surface area (Å²) in [5, 5.41) is 1.03. The molecule has 1 aromatic heterocycles. The fraction of sp³-hybridized carbons (Fsp3) is 0.455. The van der Waals surface area contributed by atoms with Gasteiger partial charge in [0.2, 0.25) is 0 Å². The number of carbonyl (C=O) groups is 1. The highest BCUT2D eigenvalue weighted by Crippen LogP contribution is 2.29. The number of aryl methyl sites for hydroxylation is 1. The standard InChI is InChI=1S/C22H26O5/c1-2-21(23)26-14-8-4-3-7-13-25-16-11-12-18-17-9-5-6-10-19(17)22(24)27-20(18)15-16/h2,11-12,15H,1,3-10,13-14H2. The first kappa shape index (κ1) is 19.2. The van der Waals surface area contributed by atoms with E-state index in [9.17, 15) is 9.59 Å². The molecule has 144 valence electrons. The molecule has 1 heterocycles. The average Bonchev–Trinajstić information content (AvgIpc) is 2.69. The molecule has 1 aromatic carbocycles. The van der Waals surface area contributed by atoms with Gasteiger partial charge in [-0.1, -0.05) is 6.58 Å². The van der Waals surface area contributed by atoms with Crippen LogP contribution in [0.5, 0.6) is 5.75 Å².